The van der Waals surface area contributed by atoms with Crippen molar-refractivity contribution in [3.05, 3.63) is 97.9 Å². The summed E-state index contributed by atoms with van der Waals surface area (Å²) in [6.45, 7) is 0.0298. The van der Waals surface area contributed by atoms with Crippen LogP contribution in [0.2, 0.25) is 10.0 Å². The largest absolute Gasteiger partial charge is 0.416 e. The molecule has 4 nitrogen and oxygen atoms in total. The van der Waals surface area contributed by atoms with E-state index in [-0.39, 0.29) is 17.8 Å². The normalized spacial score (nSPS) is 11.3. The van der Waals surface area contributed by atoms with Gasteiger partial charge in [0.05, 0.1) is 12.1 Å². The predicted molar refractivity (Wildman–Crippen MR) is 106 cm³/mol. The Labute approximate surface area is 173 Å². The molecular formula is C20H13Cl2F3N2O2. The number of benzene rings is 2. The van der Waals surface area contributed by atoms with Crippen LogP contribution in [0.1, 0.15) is 21.5 Å². The molecule has 9 heteroatoms. The first-order valence-corrected chi connectivity index (χ1v) is 9.03. The van der Waals surface area contributed by atoms with E-state index >= 15 is 0 Å². The second kappa shape index (κ2) is 8.31. The zero-order valence-electron chi connectivity index (χ0n) is 14.6. The van der Waals surface area contributed by atoms with Gasteiger partial charge in [0.2, 0.25) is 0 Å². The lowest BCUT2D eigenvalue weighted by molar-refractivity contribution is -0.137. The number of hydrogen-bond acceptors (Lipinski definition) is 2. The fourth-order valence-electron chi connectivity index (χ4n) is 2.66. The Bertz CT molecular complexity index is 1110. The minimum Gasteiger partial charge on any atom is -0.322 e. The Kier molecular flexibility index (Phi) is 6.00. The maximum absolute atomic E-state index is 12.8. The lowest BCUT2D eigenvalue weighted by atomic mass is 10.1. The zero-order chi connectivity index (χ0) is 21.2. The number of halogens is 5. The highest BCUT2D eigenvalue weighted by Gasteiger charge is 2.30. The van der Waals surface area contributed by atoms with E-state index in [1.165, 1.54) is 35.0 Å². The number of hydrogen-bond donors (Lipinski definition) is 1. The molecule has 1 aromatic heterocycles. The molecule has 1 heterocycles. The summed E-state index contributed by atoms with van der Waals surface area (Å²) < 4.78 is 39.7. The Balaban J connectivity index is 1.88. The number of nitrogens with zero attached hydrogens (tertiary/aromatic N) is 1. The molecular weight excluding hydrogens is 428 g/mol. The number of carbonyl (C=O) groups excluding carboxylic acids is 1. The van der Waals surface area contributed by atoms with Crippen molar-refractivity contribution in [3.63, 3.8) is 0 Å². The summed E-state index contributed by atoms with van der Waals surface area (Å²) in [5.41, 5.74) is -1.34. The number of carbonyl (C=O) groups is 1. The van der Waals surface area contributed by atoms with Gasteiger partial charge in [0, 0.05) is 27.5 Å². The number of anilines is 1. The summed E-state index contributed by atoms with van der Waals surface area (Å²) in [5.74, 6) is -0.825. The zero-order valence-corrected chi connectivity index (χ0v) is 16.1. The van der Waals surface area contributed by atoms with Gasteiger partial charge in [0.1, 0.15) is 5.56 Å². The molecule has 29 heavy (non-hydrogen) atoms. The summed E-state index contributed by atoms with van der Waals surface area (Å²) in [6, 6.07) is 11.8. The highest BCUT2D eigenvalue weighted by Crippen LogP contribution is 2.30. The number of alkyl halides is 3. The molecule has 0 bridgehead atoms. The maximum atomic E-state index is 12.8. The quantitative estimate of drug-likeness (QED) is 0.584. The van der Waals surface area contributed by atoms with Crippen molar-refractivity contribution in [2.75, 3.05) is 5.32 Å². The average Bonchev–Trinajstić information content (AvgIpc) is 2.65. The van der Waals surface area contributed by atoms with Gasteiger partial charge in [-0.3, -0.25) is 9.59 Å². The van der Waals surface area contributed by atoms with Crippen molar-refractivity contribution >= 4 is 34.8 Å². The molecule has 0 atom stereocenters. The van der Waals surface area contributed by atoms with Crippen molar-refractivity contribution in [3.8, 4) is 0 Å². The molecule has 1 N–H and O–H groups in total. The van der Waals surface area contributed by atoms with Crippen LogP contribution in [-0.4, -0.2) is 10.5 Å². The number of amides is 1. The first-order chi connectivity index (χ1) is 13.7. The van der Waals surface area contributed by atoms with Crippen LogP contribution in [0.15, 0.2) is 65.6 Å². The number of nitrogens with one attached hydrogen (secondary N) is 1. The smallest absolute Gasteiger partial charge is 0.322 e. The molecule has 150 valence electrons. The van der Waals surface area contributed by atoms with E-state index < -0.39 is 23.2 Å². The van der Waals surface area contributed by atoms with Crippen LogP contribution in [0.3, 0.4) is 0 Å². The van der Waals surface area contributed by atoms with Crippen LogP contribution >= 0.6 is 23.2 Å². The van der Waals surface area contributed by atoms with E-state index in [1.54, 1.807) is 18.2 Å². The van der Waals surface area contributed by atoms with Crippen molar-refractivity contribution in [1.29, 1.82) is 0 Å². The molecule has 0 aliphatic rings. The molecule has 3 rings (SSSR count). The van der Waals surface area contributed by atoms with Gasteiger partial charge in [-0.15, -0.1) is 0 Å². The monoisotopic (exact) mass is 440 g/mol. The fraction of sp³-hybridized carbons (Fsp3) is 0.100. The van der Waals surface area contributed by atoms with Crippen molar-refractivity contribution < 1.29 is 18.0 Å². The van der Waals surface area contributed by atoms with Crippen LogP contribution in [0, 0.1) is 0 Å². The summed E-state index contributed by atoms with van der Waals surface area (Å²) in [6.07, 6.45) is -3.09. The Morgan fingerprint density at radius 2 is 1.66 bits per heavy atom. The van der Waals surface area contributed by atoms with Crippen LogP contribution in [0.4, 0.5) is 18.9 Å². The molecule has 0 saturated carbocycles. The van der Waals surface area contributed by atoms with Gasteiger partial charge >= 0.3 is 6.18 Å². The number of pyridine rings is 1. The Morgan fingerprint density at radius 1 is 1.00 bits per heavy atom. The standard InChI is InChI=1S/C20H13Cl2F3N2O2/c21-16-7-2-8-17(22)15(16)11-27-9-3-6-14(19(27)29)18(28)26-13-5-1-4-12(10-13)20(23,24)25/h1-10H,11H2,(H,26,28). The van der Waals surface area contributed by atoms with Gasteiger partial charge in [-0.05, 0) is 42.5 Å². The first-order valence-electron chi connectivity index (χ1n) is 8.28. The third kappa shape index (κ3) is 4.81. The predicted octanol–water partition coefficient (Wildman–Crippen LogP) is 5.47. The average molecular weight is 441 g/mol. The summed E-state index contributed by atoms with van der Waals surface area (Å²) in [7, 11) is 0. The van der Waals surface area contributed by atoms with Crippen molar-refractivity contribution in [2.24, 2.45) is 0 Å². The van der Waals surface area contributed by atoms with Gasteiger partial charge in [-0.2, -0.15) is 13.2 Å². The first kappa shape index (κ1) is 21.0. The van der Waals surface area contributed by atoms with Gasteiger partial charge in [-0.25, -0.2) is 0 Å². The third-order valence-corrected chi connectivity index (χ3v) is 4.81. The molecule has 0 aliphatic heterocycles. The van der Waals surface area contributed by atoms with E-state index in [2.05, 4.69) is 5.32 Å². The Hall–Kier alpha value is -2.77. The van der Waals surface area contributed by atoms with E-state index in [4.69, 9.17) is 23.2 Å². The lowest BCUT2D eigenvalue weighted by Gasteiger charge is -2.12. The van der Waals surface area contributed by atoms with Crippen LogP contribution < -0.4 is 10.9 Å². The molecule has 0 radical (unpaired) electrons. The molecule has 0 spiro atoms. The summed E-state index contributed by atoms with van der Waals surface area (Å²) in [5, 5.41) is 3.05. The second-order valence-corrected chi connectivity index (χ2v) is 6.90. The van der Waals surface area contributed by atoms with Crippen molar-refractivity contribution in [1.82, 2.24) is 4.57 Å². The lowest BCUT2D eigenvalue weighted by Crippen LogP contribution is -2.29. The van der Waals surface area contributed by atoms with Crippen LogP contribution in [0.25, 0.3) is 0 Å². The molecule has 0 fully saturated rings. The summed E-state index contributed by atoms with van der Waals surface area (Å²) in [4.78, 5) is 25.2. The third-order valence-electron chi connectivity index (χ3n) is 4.10. The van der Waals surface area contributed by atoms with E-state index in [0.717, 1.165) is 12.1 Å². The number of rotatable bonds is 4. The van der Waals surface area contributed by atoms with Gasteiger partial charge in [0.25, 0.3) is 11.5 Å². The maximum Gasteiger partial charge on any atom is 0.416 e. The highest BCUT2D eigenvalue weighted by molar-refractivity contribution is 6.35. The Morgan fingerprint density at radius 3 is 2.31 bits per heavy atom. The minimum absolute atomic E-state index is 0.0298. The van der Waals surface area contributed by atoms with Gasteiger partial charge < -0.3 is 9.88 Å². The molecule has 1 amide bonds. The number of aromatic nitrogens is 1. The SMILES string of the molecule is O=C(Nc1cccc(C(F)(F)F)c1)c1cccn(Cc2c(Cl)cccc2Cl)c1=O. The topological polar surface area (TPSA) is 51.1 Å². The van der Waals surface area contributed by atoms with E-state index in [0.29, 0.717) is 15.6 Å². The van der Waals surface area contributed by atoms with E-state index in [1.807, 2.05) is 0 Å². The highest BCUT2D eigenvalue weighted by atomic mass is 35.5. The van der Waals surface area contributed by atoms with Gasteiger partial charge in [-0.1, -0.05) is 35.3 Å². The molecule has 3 aromatic rings. The van der Waals surface area contributed by atoms with E-state index in [9.17, 15) is 22.8 Å². The minimum atomic E-state index is -4.55. The van der Waals surface area contributed by atoms with Crippen molar-refractivity contribution in [2.45, 2.75) is 12.7 Å². The second-order valence-electron chi connectivity index (χ2n) is 6.09. The van der Waals surface area contributed by atoms with Crippen LogP contribution in [0.5, 0.6) is 0 Å². The van der Waals surface area contributed by atoms with Crippen LogP contribution in [-0.2, 0) is 12.7 Å². The molecule has 0 saturated heterocycles. The fourth-order valence-corrected chi connectivity index (χ4v) is 3.18. The molecule has 2 aromatic carbocycles. The molecule has 0 unspecified atom stereocenters. The van der Waals surface area contributed by atoms with Gasteiger partial charge in [0.15, 0.2) is 0 Å². The summed E-state index contributed by atoms with van der Waals surface area (Å²) >= 11 is 12.2. The molecule has 0 aliphatic carbocycles.